The molecule has 7 heteroatoms. The minimum atomic E-state index is -1.16. The molecule has 2 saturated carbocycles. The standard InChI is InChI=1S/C34H50O7/c1-19(17-25(35)20(2)21(3)30(39)40)22-11-15-34(8)24-9-10-26-31(4,5)27(41-29(38)18-28(36)37)13-14-32(26,6)23(24)12-16-33(22,34)7/h19,21-22,26-27H,2,9-18H2,1,3-8H3,(H,36,37)(H,39,40)/t19-,21?,22-,26+,27-,32-,33-,34+/m1/s1. The molecule has 41 heavy (non-hydrogen) atoms. The lowest BCUT2D eigenvalue weighted by Gasteiger charge is -2.62. The number of fused-ring (bicyclic) bond motifs is 4. The van der Waals surface area contributed by atoms with Gasteiger partial charge in [0, 0.05) is 17.4 Å². The largest absolute Gasteiger partial charge is 0.481 e. The zero-order valence-electron chi connectivity index (χ0n) is 26.1. The number of hydrogen-bond donors (Lipinski definition) is 2. The lowest BCUT2D eigenvalue weighted by molar-refractivity contribution is -0.172. The Bertz CT molecular complexity index is 1180. The lowest BCUT2D eigenvalue weighted by atomic mass is 9.43. The van der Waals surface area contributed by atoms with Gasteiger partial charge in [0.1, 0.15) is 12.5 Å². The number of ether oxygens (including phenoxy) is 1. The Kier molecular flexibility index (Phi) is 8.20. The van der Waals surface area contributed by atoms with Gasteiger partial charge in [0.15, 0.2) is 5.78 Å². The molecular weight excluding hydrogens is 520 g/mol. The molecule has 4 aliphatic carbocycles. The van der Waals surface area contributed by atoms with Gasteiger partial charge in [0.05, 0.1) is 5.92 Å². The van der Waals surface area contributed by atoms with Gasteiger partial charge in [-0.1, -0.05) is 59.3 Å². The summed E-state index contributed by atoms with van der Waals surface area (Å²) in [6.45, 7) is 19.2. The molecule has 8 atom stereocenters. The average Bonchev–Trinajstić information content (AvgIpc) is 3.15. The zero-order valence-corrected chi connectivity index (χ0v) is 26.1. The Morgan fingerprint density at radius 2 is 1.59 bits per heavy atom. The van der Waals surface area contributed by atoms with E-state index in [1.807, 2.05) is 0 Å². The van der Waals surface area contributed by atoms with Crippen LogP contribution in [0, 0.1) is 45.3 Å². The minimum Gasteiger partial charge on any atom is -0.481 e. The number of aliphatic carboxylic acids is 2. The van der Waals surface area contributed by atoms with Crippen molar-refractivity contribution in [3.63, 3.8) is 0 Å². The van der Waals surface area contributed by atoms with Crippen LogP contribution in [-0.4, -0.2) is 40.0 Å². The van der Waals surface area contributed by atoms with Crippen LogP contribution in [0.25, 0.3) is 0 Å². The van der Waals surface area contributed by atoms with E-state index in [1.165, 1.54) is 6.92 Å². The fraction of sp³-hybridized carbons (Fsp3) is 0.765. The Morgan fingerprint density at radius 1 is 0.927 bits per heavy atom. The second-order valence-electron chi connectivity index (χ2n) is 15.0. The number of esters is 1. The molecule has 0 aromatic heterocycles. The van der Waals surface area contributed by atoms with Crippen LogP contribution in [0.1, 0.15) is 113 Å². The van der Waals surface area contributed by atoms with E-state index in [-0.39, 0.29) is 45.0 Å². The first-order valence-corrected chi connectivity index (χ1v) is 15.5. The van der Waals surface area contributed by atoms with Gasteiger partial charge in [-0.2, -0.15) is 0 Å². The molecular formula is C34H50O7. The molecule has 4 rings (SSSR count). The van der Waals surface area contributed by atoms with E-state index < -0.39 is 30.2 Å². The second kappa shape index (κ2) is 10.7. The van der Waals surface area contributed by atoms with Crippen molar-refractivity contribution in [2.24, 2.45) is 45.3 Å². The third kappa shape index (κ3) is 4.99. The van der Waals surface area contributed by atoms with Crippen molar-refractivity contribution < 1.29 is 34.1 Å². The molecule has 2 fully saturated rings. The second-order valence-corrected chi connectivity index (χ2v) is 15.0. The first kappa shape index (κ1) is 31.5. The quantitative estimate of drug-likeness (QED) is 0.133. The summed E-state index contributed by atoms with van der Waals surface area (Å²) >= 11 is 0. The van der Waals surface area contributed by atoms with Crippen LogP contribution < -0.4 is 0 Å². The summed E-state index contributed by atoms with van der Waals surface area (Å²) in [6.07, 6.45) is 7.42. The molecule has 0 spiro atoms. The smallest absolute Gasteiger partial charge is 0.317 e. The maximum Gasteiger partial charge on any atom is 0.317 e. The Hall–Kier alpha value is -2.44. The van der Waals surface area contributed by atoms with Crippen molar-refractivity contribution in [2.45, 2.75) is 119 Å². The SMILES string of the molecule is C=C(C(=O)C[C@@H](C)[C@H]1CC[C@@]2(C)C3=C(CC[C@]12C)[C@@]1(C)CC[C@@H](OC(=O)CC(=O)O)C(C)(C)[C@@H]1CC3)C(C)C(=O)O. The summed E-state index contributed by atoms with van der Waals surface area (Å²) < 4.78 is 5.77. The summed E-state index contributed by atoms with van der Waals surface area (Å²) in [5.41, 5.74) is 3.29. The highest BCUT2D eigenvalue weighted by Crippen LogP contribution is 2.72. The van der Waals surface area contributed by atoms with Crippen LogP contribution in [0.4, 0.5) is 0 Å². The van der Waals surface area contributed by atoms with E-state index in [2.05, 4.69) is 48.1 Å². The van der Waals surface area contributed by atoms with Crippen LogP contribution in [0.3, 0.4) is 0 Å². The van der Waals surface area contributed by atoms with E-state index in [0.29, 0.717) is 18.3 Å². The van der Waals surface area contributed by atoms with E-state index in [1.54, 1.807) is 11.1 Å². The fourth-order valence-corrected chi connectivity index (χ4v) is 10.1. The summed E-state index contributed by atoms with van der Waals surface area (Å²) in [7, 11) is 0. The van der Waals surface area contributed by atoms with Crippen LogP contribution >= 0.6 is 0 Å². The van der Waals surface area contributed by atoms with E-state index >= 15 is 0 Å². The molecule has 0 aliphatic heterocycles. The van der Waals surface area contributed by atoms with Gasteiger partial charge in [-0.15, -0.1) is 0 Å². The zero-order chi connectivity index (χ0) is 30.7. The summed E-state index contributed by atoms with van der Waals surface area (Å²) in [5, 5.41) is 18.4. The minimum absolute atomic E-state index is 0.0154. The molecule has 7 nitrogen and oxygen atoms in total. The first-order valence-electron chi connectivity index (χ1n) is 15.5. The predicted octanol–water partition coefficient (Wildman–Crippen LogP) is 6.99. The highest BCUT2D eigenvalue weighted by molar-refractivity contribution is 5.99. The molecule has 0 aromatic carbocycles. The third-order valence-corrected chi connectivity index (χ3v) is 12.8. The van der Waals surface area contributed by atoms with E-state index in [4.69, 9.17) is 9.84 Å². The van der Waals surface area contributed by atoms with Gasteiger partial charge < -0.3 is 14.9 Å². The van der Waals surface area contributed by atoms with Crippen LogP contribution in [-0.2, 0) is 23.9 Å². The monoisotopic (exact) mass is 570 g/mol. The molecule has 0 bridgehead atoms. The van der Waals surface area contributed by atoms with Crippen molar-refractivity contribution in [2.75, 3.05) is 0 Å². The molecule has 4 aliphatic rings. The number of carboxylic acids is 2. The number of allylic oxidation sites excluding steroid dienone is 2. The Morgan fingerprint density at radius 3 is 2.20 bits per heavy atom. The van der Waals surface area contributed by atoms with E-state index in [0.717, 1.165) is 51.4 Å². The molecule has 228 valence electrons. The molecule has 0 heterocycles. The van der Waals surface area contributed by atoms with Crippen LogP contribution in [0.5, 0.6) is 0 Å². The highest BCUT2D eigenvalue weighted by atomic mass is 16.5. The van der Waals surface area contributed by atoms with E-state index in [9.17, 15) is 24.3 Å². The number of carbonyl (C=O) groups is 4. The van der Waals surface area contributed by atoms with Gasteiger partial charge in [0.25, 0.3) is 0 Å². The maximum absolute atomic E-state index is 13.0. The number of Topliss-reactive ketones (excluding diaryl/α,β-unsaturated/α-hetero) is 1. The Labute approximate surface area is 245 Å². The molecule has 0 radical (unpaired) electrons. The van der Waals surface area contributed by atoms with Crippen molar-refractivity contribution in [3.05, 3.63) is 23.3 Å². The van der Waals surface area contributed by atoms with Crippen molar-refractivity contribution in [1.29, 1.82) is 0 Å². The summed E-state index contributed by atoms with van der Waals surface area (Å²) in [4.78, 5) is 47.7. The van der Waals surface area contributed by atoms with Crippen molar-refractivity contribution in [3.8, 4) is 0 Å². The number of carboxylic acid groups (broad SMARTS) is 2. The average molecular weight is 571 g/mol. The van der Waals surface area contributed by atoms with Crippen molar-refractivity contribution in [1.82, 2.24) is 0 Å². The van der Waals surface area contributed by atoms with Gasteiger partial charge in [-0.05, 0) is 92.3 Å². The summed E-state index contributed by atoms with van der Waals surface area (Å²) in [5.74, 6) is -2.94. The third-order valence-electron chi connectivity index (χ3n) is 12.8. The van der Waals surface area contributed by atoms with Crippen LogP contribution in [0.15, 0.2) is 23.3 Å². The molecule has 2 N–H and O–H groups in total. The number of ketones is 1. The summed E-state index contributed by atoms with van der Waals surface area (Å²) in [6, 6.07) is 0. The first-order chi connectivity index (χ1) is 18.9. The predicted molar refractivity (Wildman–Crippen MR) is 156 cm³/mol. The molecule has 0 aromatic rings. The van der Waals surface area contributed by atoms with Crippen molar-refractivity contribution >= 4 is 23.7 Å². The van der Waals surface area contributed by atoms with Gasteiger partial charge >= 0.3 is 17.9 Å². The number of hydrogen-bond acceptors (Lipinski definition) is 5. The van der Waals surface area contributed by atoms with Gasteiger partial charge in [-0.3, -0.25) is 19.2 Å². The van der Waals surface area contributed by atoms with Gasteiger partial charge in [0.2, 0.25) is 0 Å². The maximum atomic E-state index is 13.0. The topological polar surface area (TPSA) is 118 Å². The molecule has 0 saturated heterocycles. The molecule has 0 amide bonds. The fourth-order valence-electron chi connectivity index (χ4n) is 10.1. The number of carbonyl (C=O) groups excluding carboxylic acids is 2. The lowest BCUT2D eigenvalue weighted by Crippen LogP contribution is -2.56. The normalized spacial score (nSPS) is 37.2. The van der Waals surface area contributed by atoms with Gasteiger partial charge in [-0.25, -0.2) is 0 Å². The number of rotatable bonds is 9. The molecule has 1 unspecified atom stereocenters. The van der Waals surface area contributed by atoms with Crippen LogP contribution in [0.2, 0.25) is 0 Å². The Balaban J connectivity index is 1.57. The highest BCUT2D eigenvalue weighted by Gasteiger charge is 2.63.